The second kappa shape index (κ2) is 5.51. The van der Waals surface area contributed by atoms with Crippen LogP contribution < -0.4 is 0 Å². The average molecular weight is 350 g/mol. The molecule has 1 aliphatic heterocycles. The van der Waals surface area contributed by atoms with Gasteiger partial charge in [-0.3, -0.25) is 0 Å². The van der Waals surface area contributed by atoms with E-state index in [4.69, 9.17) is 0 Å². The summed E-state index contributed by atoms with van der Waals surface area (Å²) in [6, 6.07) is 15.0. The molecule has 0 radical (unpaired) electrons. The molecular weight excluding hydrogens is 335 g/mol. The Balaban J connectivity index is 1.50. The fourth-order valence-corrected chi connectivity index (χ4v) is 4.74. The molecule has 0 saturated carbocycles. The number of imidazole rings is 1. The zero-order chi connectivity index (χ0) is 17.0. The van der Waals surface area contributed by atoms with E-state index >= 15 is 0 Å². The minimum absolute atomic E-state index is 0.0608. The Kier molecular flexibility index (Phi) is 3.26. The summed E-state index contributed by atoms with van der Waals surface area (Å²) in [7, 11) is 0. The second-order valence-electron chi connectivity index (χ2n) is 6.37. The lowest BCUT2D eigenvalue weighted by Gasteiger charge is -2.18. The number of fused-ring (bicyclic) bond motifs is 4. The summed E-state index contributed by atoms with van der Waals surface area (Å²) < 4.78 is 16.5. The van der Waals surface area contributed by atoms with E-state index in [0.29, 0.717) is 6.42 Å². The molecule has 3 heterocycles. The van der Waals surface area contributed by atoms with E-state index in [0.717, 1.165) is 20.7 Å². The smallest absolute Gasteiger partial charge is 0.123 e. The van der Waals surface area contributed by atoms with Crippen LogP contribution in [0.3, 0.4) is 0 Å². The maximum atomic E-state index is 13.4. The standard InChI is InChI=1S/C20H15FN2OS/c21-13-5-6-19-12(7-13)8-20(25-19)18(24)9-16-14-3-1-2-4-15(14)17-10-22-11-23(16)17/h1-8,10-11,16,18,24H,9H2. The second-order valence-corrected chi connectivity index (χ2v) is 7.49. The SMILES string of the molecule is OC(CC1c2ccccc2-c2cncn21)c1cc2cc(F)ccc2s1. The van der Waals surface area contributed by atoms with Crippen LogP contribution in [0.2, 0.25) is 0 Å². The minimum Gasteiger partial charge on any atom is -0.387 e. The van der Waals surface area contributed by atoms with Gasteiger partial charge in [0.05, 0.1) is 30.4 Å². The molecule has 0 saturated heterocycles. The van der Waals surface area contributed by atoms with Crippen LogP contribution in [0, 0.1) is 5.82 Å². The largest absolute Gasteiger partial charge is 0.387 e. The highest BCUT2D eigenvalue weighted by atomic mass is 32.1. The van der Waals surface area contributed by atoms with E-state index in [9.17, 15) is 9.50 Å². The number of nitrogens with zero attached hydrogens (tertiary/aromatic N) is 2. The summed E-state index contributed by atoms with van der Waals surface area (Å²) in [5, 5.41) is 11.7. The van der Waals surface area contributed by atoms with Gasteiger partial charge >= 0.3 is 0 Å². The van der Waals surface area contributed by atoms with Crippen molar-refractivity contribution in [1.29, 1.82) is 0 Å². The summed E-state index contributed by atoms with van der Waals surface area (Å²) in [6.07, 6.45) is 3.66. The van der Waals surface area contributed by atoms with E-state index in [2.05, 4.69) is 21.7 Å². The average Bonchev–Trinajstić information content (AvgIpc) is 3.30. The molecule has 1 N–H and O–H groups in total. The van der Waals surface area contributed by atoms with Gasteiger partial charge in [-0.05, 0) is 35.2 Å². The summed E-state index contributed by atoms with van der Waals surface area (Å²) in [4.78, 5) is 5.13. The lowest BCUT2D eigenvalue weighted by molar-refractivity contribution is 0.157. The normalized spacial score (nSPS) is 16.8. The molecular formula is C20H15FN2OS. The zero-order valence-corrected chi connectivity index (χ0v) is 14.1. The third-order valence-corrected chi connectivity index (χ3v) is 6.09. The van der Waals surface area contributed by atoms with Gasteiger partial charge in [-0.25, -0.2) is 9.37 Å². The Hall–Kier alpha value is -2.50. The van der Waals surface area contributed by atoms with Gasteiger partial charge in [-0.1, -0.05) is 24.3 Å². The van der Waals surface area contributed by atoms with Crippen molar-refractivity contribution in [3.63, 3.8) is 0 Å². The summed E-state index contributed by atoms with van der Waals surface area (Å²) in [6.45, 7) is 0. The molecule has 0 fully saturated rings. The van der Waals surface area contributed by atoms with Gasteiger partial charge in [0.1, 0.15) is 5.82 Å². The Morgan fingerprint density at radius 1 is 1.20 bits per heavy atom. The molecule has 1 aliphatic rings. The van der Waals surface area contributed by atoms with Crippen LogP contribution in [-0.2, 0) is 0 Å². The van der Waals surface area contributed by atoms with Crippen molar-refractivity contribution in [2.45, 2.75) is 18.6 Å². The van der Waals surface area contributed by atoms with Crippen LogP contribution in [0.1, 0.15) is 29.0 Å². The van der Waals surface area contributed by atoms with Crippen LogP contribution in [0.5, 0.6) is 0 Å². The van der Waals surface area contributed by atoms with Crippen molar-refractivity contribution >= 4 is 21.4 Å². The Bertz CT molecular complexity index is 1080. The van der Waals surface area contributed by atoms with Gasteiger partial charge in [0.2, 0.25) is 0 Å². The first kappa shape index (κ1) is 14.8. The van der Waals surface area contributed by atoms with Gasteiger partial charge < -0.3 is 9.67 Å². The number of hydrogen-bond acceptors (Lipinski definition) is 3. The topological polar surface area (TPSA) is 38.1 Å². The number of rotatable bonds is 3. The number of aromatic nitrogens is 2. The van der Waals surface area contributed by atoms with Crippen molar-refractivity contribution in [2.75, 3.05) is 0 Å². The van der Waals surface area contributed by atoms with Gasteiger partial charge in [-0.2, -0.15) is 0 Å². The Morgan fingerprint density at radius 2 is 2.08 bits per heavy atom. The molecule has 5 heteroatoms. The van der Waals surface area contributed by atoms with Crippen LogP contribution in [0.25, 0.3) is 21.3 Å². The van der Waals surface area contributed by atoms with E-state index < -0.39 is 6.10 Å². The van der Waals surface area contributed by atoms with Crippen molar-refractivity contribution in [1.82, 2.24) is 9.55 Å². The number of aliphatic hydroxyl groups is 1. The number of benzene rings is 2. The highest BCUT2D eigenvalue weighted by molar-refractivity contribution is 7.19. The third-order valence-electron chi connectivity index (χ3n) is 4.87. The first-order valence-electron chi connectivity index (χ1n) is 8.19. The summed E-state index contributed by atoms with van der Waals surface area (Å²) >= 11 is 1.52. The van der Waals surface area contributed by atoms with Crippen molar-refractivity contribution < 1.29 is 9.50 Å². The molecule has 2 atom stereocenters. The van der Waals surface area contributed by atoms with Crippen LogP contribution in [-0.4, -0.2) is 14.7 Å². The van der Waals surface area contributed by atoms with Gasteiger partial charge in [0.15, 0.2) is 0 Å². The van der Waals surface area contributed by atoms with Crippen molar-refractivity contribution in [3.05, 3.63) is 77.3 Å². The molecule has 25 heavy (non-hydrogen) atoms. The van der Waals surface area contributed by atoms with E-state index in [1.54, 1.807) is 6.07 Å². The number of aliphatic hydroxyl groups excluding tert-OH is 1. The van der Waals surface area contributed by atoms with Gasteiger partial charge in [0.25, 0.3) is 0 Å². The van der Waals surface area contributed by atoms with E-state index in [-0.39, 0.29) is 11.9 Å². The van der Waals surface area contributed by atoms with Crippen molar-refractivity contribution in [3.8, 4) is 11.3 Å². The molecule has 3 nitrogen and oxygen atoms in total. The lowest BCUT2D eigenvalue weighted by Crippen LogP contribution is -2.09. The number of hydrogen-bond donors (Lipinski definition) is 1. The maximum Gasteiger partial charge on any atom is 0.123 e. The molecule has 0 aliphatic carbocycles. The predicted molar refractivity (Wildman–Crippen MR) is 97.2 cm³/mol. The highest BCUT2D eigenvalue weighted by Gasteiger charge is 2.30. The van der Waals surface area contributed by atoms with E-state index in [1.807, 2.05) is 30.7 Å². The molecule has 5 rings (SSSR count). The molecule has 2 unspecified atom stereocenters. The molecule has 0 spiro atoms. The zero-order valence-electron chi connectivity index (χ0n) is 13.3. The summed E-state index contributed by atoms with van der Waals surface area (Å²) in [5.74, 6) is -0.251. The molecule has 0 amide bonds. The monoisotopic (exact) mass is 350 g/mol. The van der Waals surface area contributed by atoms with Crippen molar-refractivity contribution in [2.24, 2.45) is 0 Å². The third kappa shape index (κ3) is 2.31. The Labute approximate surface area is 148 Å². The van der Waals surface area contributed by atoms with Crippen LogP contribution >= 0.6 is 11.3 Å². The minimum atomic E-state index is -0.605. The molecule has 124 valence electrons. The predicted octanol–water partition coefficient (Wildman–Crippen LogP) is 4.93. The summed E-state index contributed by atoms with van der Waals surface area (Å²) in [5.41, 5.74) is 3.48. The fraction of sp³-hybridized carbons (Fsp3) is 0.150. The molecule has 0 bridgehead atoms. The first-order chi connectivity index (χ1) is 12.2. The molecule has 2 aromatic heterocycles. The van der Waals surface area contributed by atoms with E-state index in [1.165, 1.54) is 34.6 Å². The first-order valence-corrected chi connectivity index (χ1v) is 9.00. The Morgan fingerprint density at radius 3 is 3.00 bits per heavy atom. The molecule has 2 aromatic carbocycles. The van der Waals surface area contributed by atoms with Crippen LogP contribution in [0.15, 0.2) is 61.1 Å². The fourth-order valence-electron chi connectivity index (χ4n) is 3.70. The highest BCUT2D eigenvalue weighted by Crippen LogP contribution is 2.44. The number of halogens is 1. The number of thiophene rings is 1. The van der Waals surface area contributed by atoms with Crippen LogP contribution in [0.4, 0.5) is 4.39 Å². The van der Waals surface area contributed by atoms with Gasteiger partial charge in [0, 0.05) is 21.6 Å². The quantitative estimate of drug-likeness (QED) is 0.569. The molecule has 4 aromatic rings. The van der Waals surface area contributed by atoms with Gasteiger partial charge in [-0.15, -0.1) is 11.3 Å². The maximum absolute atomic E-state index is 13.4. The lowest BCUT2D eigenvalue weighted by atomic mass is 9.98.